The fourth-order valence-corrected chi connectivity index (χ4v) is 2.23. The van der Waals surface area contributed by atoms with Crippen LogP contribution in [0.2, 0.25) is 0 Å². The Morgan fingerprint density at radius 2 is 1.83 bits per heavy atom. The Balaban J connectivity index is 3.16. The quantitative estimate of drug-likeness (QED) is 0.846. The zero-order valence-electron chi connectivity index (χ0n) is 12.2. The summed E-state index contributed by atoms with van der Waals surface area (Å²) in [4.78, 5) is 0. The van der Waals surface area contributed by atoms with Gasteiger partial charge in [0.25, 0.3) is 0 Å². The Kier molecular flexibility index (Phi) is 5.16. The molecule has 0 radical (unpaired) electrons. The Hall–Kier alpha value is -1.07. The Labute approximate surface area is 109 Å². The first-order valence-electron chi connectivity index (χ1n) is 6.33. The van der Waals surface area contributed by atoms with Crippen molar-refractivity contribution in [3.05, 3.63) is 11.9 Å². The lowest BCUT2D eigenvalue weighted by atomic mass is 9.97. The molecule has 0 aliphatic heterocycles. The lowest BCUT2D eigenvalue weighted by Crippen LogP contribution is -2.34. The SMILES string of the molecule is COc1cnn(C(C)C)c1C(N)C(OC)C(C)C. The van der Waals surface area contributed by atoms with Crippen molar-refractivity contribution in [1.82, 2.24) is 9.78 Å². The van der Waals surface area contributed by atoms with Crippen LogP contribution in [0.4, 0.5) is 0 Å². The van der Waals surface area contributed by atoms with E-state index in [1.165, 1.54) is 0 Å². The van der Waals surface area contributed by atoms with Gasteiger partial charge in [0.2, 0.25) is 0 Å². The zero-order chi connectivity index (χ0) is 13.9. The summed E-state index contributed by atoms with van der Waals surface area (Å²) < 4.78 is 12.8. The van der Waals surface area contributed by atoms with Crippen molar-refractivity contribution in [3.63, 3.8) is 0 Å². The minimum Gasteiger partial charge on any atom is -0.493 e. The van der Waals surface area contributed by atoms with Gasteiger partial charge in [-0.05, 0) is 19.8 Å². The largest absolute Gasteiger partial charge is 0.493 e. The fraction of sp³-hybridized carbons (Fsp3) is 0.769. The number of aromatic nitrogens is 2. The molecule has 0 fully saturated rings. The second-order valence-corrected chi connectivity index (χ2v) is 5.11. The Bertz CT molecular complexity index is 374. The number of ether oxygens (including phenoxy) is 2. The van der Waals surface area contributed by atoms with Crippen molar-refractivity contribution in [1.29, 1.82) is 0 Å². The highest BCUT2D eigenvalue weighted by Gasteiger charge is 2.29. The molecular weight excluding hydrogens is 230 g/mol. The van der Waals surface area contributed by atoms with Crippen LogP contribution in [0, 0.1) is 5.92 Å². The summed E-state index contributed by atoms with van der Waals surface area (Å²) in [5.74, 6) is 1.05. The lowest BCUT2D eigenvalue weighted by molar-refractivity contribution is 0.0405. The van der Waals surface area contributed by atoms with Crippen LogP contribution in [-0.2, 0) is 4.74 Å². The molecule has 5 nitrogen and oxygen atoms in total. The van der Waals surface area contributed by atoms with Gasteiger partial charge in [-0.15, -0.1) is 0 Å². The van der Waals surface area contributed by atoms with E-state index >= 15 is 0 Å². The predicted molar refractivity (Wildman–Crippen MR) is 71.7 cm³/mol. The van der Waals surface area contributed by atoms with Crippen LogP contribution in [0.25, 0.3) is 0 Å². The van der Waals surface area contributed by atoms with E-state index < -0.39 is 0 Å². The van der Waals surface area contributed by atoms with Gasteiger partial charge < -0.3 is 15.2 Å². The van der Waals surface area contributed by atoms with E-state index in [9.17, 15) is 0 Å². The number of hydrogen-bond donors (Lipinski definition) is 1. The van der Waals surface area contributed by atoms with E-state index in [0.29, 0.717) is 5.92 Å². The van der Waals surface area contributed by atoms with Gasteiger partial charge in [-0.2, -0.15) is 5.10 Å². The molecular formula is C13H25N3O2. The molecule has 1 rings (SSSR count). The standard InChI is InChI=1S/C13H25N3O2/c1-8(2)13(18-6)11(14)12-10(17-5)7-15-16(12)9(3)4/h7-9,11,13H,14H2,1-6H3. The molecule has 0 aromatic carbocycles. The third-order valence-electron chi connectivity index (χ3n) is 3.11. The molecule has 0 saturated carbocycles. The van der Waals surface area contributed by atoms with Gasteiger partial charge in [0.15, 0.2) is 5.75 Å². The van der Waals surface area contributed by atoms with Crippen LogP contribution in [0.3, 0.4) is 0 Å². The van der Waals surface area contributed by atoms with Crippen molar-refractivity contribution < 1.29 is 9.47 Å². The normalized spacial score (nSPS) is 15.2. The van der Waals surface area contributed by atoms with Gasteiger partial charge >= 0.3 is 0 Å². The molecule has 0 aliphatic rings. The van der Waals surface area contributed by atoms with Gasteiger partial charge in [0.05, 0.1) is 25.5 Å². The van der Waals surface area contributed by atoms with E-state index in [2.05, 4.69) is 32.8 Å². The first-order valence-corrected chi connectivity index (χ1v) is 6.33. The average Bonchev–Trinajstić information content (AvgIpc) is 2.72. The van der Waals surface area contributed by atoms with Crippen molar-refractivity contribution in [2.75, 3.05) is 14.2 Å². The molecule has 2 N–H and O–H groups in total. The molecule has 2 unspecified atom stereocenters. The number of methoxy groups -OCH3 is 2. The van der Waals surface area contributed by atoms with Crippen LogP contribution >= 0.6 is 0 Å². The number of hydrogen-bond acceptors (Lipinski definition) is 4. The lowest BCUT2D eigenvalue weighted by Gasteiger charge is -2.27. The topological polar surface area (TPSA) is 62.3 Å². The van der Waals surface area contributed by atoms with Gasteiger partial charge in [0.1, 0.15) is 5.69 Å². The summed E-state index contributed by atoms with van der Waals surface area (Å²) in [6, 6.07) is -0.0190. The third kappa shape index (κ3) is 2.84. The predicted octanol–water partition coefficient (Wildman–Crippen LogP) is 2.14. The average molecular weight is 255 g/mol. The number of nitrogens with two attached hydrogens (primary N) is 1. The Morgan fingerprint density at radius 3 is 2.22 bits per heavy atom. The zero-order valence-corrected chi connectivity index (χ0v) is 12.2. The molecule has 0 saturated heterocycles. The summed E-state index contributed by atoms with van der Waals surface area (Å²) in [5.41, 5.74) is 7.24. The van der Waals surface area contributed by atoms with E-state index in [1.807, 2.05) is 4.68 Å². The molecule has 0 spiro atoms. The highest BCUT2D eigenvalue weighted by atomic mass is 16.5. The van der Waals surface area contributed by atoms with Crippen molar-refractivity contribution in [2.24, 2.45) is 11.7 Å². The first kappa shape index (κ1) is 15.0. The van der Waals surface area contributed by atoms with Gasteiger partial charge in [0, 0.05) is 13.2 Å². The summed E-state index contributed by atoms with van der Waals surface area (Å²) in [5, 5.41) is 4.34. The molecule has 18 heavy (non-hydrogen) atoms. The molecule has 1 aromatic heterocycles. The highest BCUT2D eigenvalue weighted by Crippen LogP contribution is 2.31. The van der Waals surface area contributed by atoms with Crippen molar-refractivity contribution in [2.45, 2.75) is 45.9 Å². The monoisotopic (exact) mass is 255 g/mol. The van der Waals surface area contributed by atoms with Crippen LogP contribution in [-0.4, -0.2) is 30.1 Å². The van der Waals surface area contributed by atoms with Crippen LogP contribution in [0.5, 0.6) is 5.75 Å². The third-order valence-corrected chi connectivity index (χ3v) is 3.11. The maximum absolute atomic E-state index is 6.34. The summed E-state index contributed by atoms with van der Waals surface area (Å²) >= 11 is 0. The minimum atomic E-state index is -0.255. The number of nitrogens with zero attached hydrogens (tertiary/aromatic N) is 2. The molecule has 0 bridgehead atoms. The maximum Gasteiger partial charge on any atom is 0.161 e. The molecule has 0 amide bonds. The smallest absolute Gasteiger partial charge is 0.161 e. The highest BCUT2D eigenvalue weighted by molar-refractivity contribution is 5.29. The van der Waals surface area contributed by atoms with Gasteiger partial charge in [-0.25, -0.2) is 0 Å². The molecule has 5 heteroatoms. The molecule has 1 heterocycles. The van der Waals surface area contributed by atoms with Crippen LogP contribution in [0.15, 0.2) is 6.20 Å². The van der Waals surface area contributed by atoms with E-state index in [1.54, 1.807) is 20.4 Å². The first-order chi connectivity index (χ1) is 8.43. The fourth-order valence-electron chi connectivity index (χ4n) is 2.23. The van der Waals surface area contributed by atoms with Crippen molar-refractivity contribution in [3.8, 4) is 5.75 Å². The minimum absolute atomic E-state index is 0.0619. The van der Waals surface area contributed by atoms with Gasteiger partial charge in [-0.3, -0.25) is 4.68 Å². The van der Waals surface area contributed by atoms with E-state index in [-0.39, 0.29) is 18.2 Å². The summed E-state index contributed by atoms with van der Waals surface area (Å²) in [6.45, 7) is 8.33. The molecule has 0 aliphatic carbocycles. The second-order valence-electron chi connectivity index (χ2n) is 5.11. The summed E-state index contributed by atoms with van der Waals surface area (Å²) in [7, 11) is 3.32. The van der Waals surface area contributed by atoms with Crippen LogP contribution < -0.4 is 10.5 Å². The maximum atomic E-state index is 6.34. The molecule has 2 atom stereocenters. The molecule has 104 valence electrons. The van der Waals surface area contributed by atoms with E-state index in [0.717, 1.165) is 11.4 Å². The van der Waals surface area contributed by atoms with E-state index in [4.69, 9.17) is 15.2 Å². The Morgan fingerprint density at radius 1 is 1.22 bits per heavy atom. The van der Waals surface area contributed by atoms with Crippen LogP contribution in [0.1, 0.15) is 45.5 Å². The van der Waals surface area contributed by atoms with Gasteiger partial charge in [-0.1, -0.05) is 13.8 Å². The summed E-state index contributed by atoms with van der Waals surface area (Å²) in [6.07, 6.45) is 1.65. The molecule has 1 aromatic rings. The second kappa shape index (κ2) is 6.20. The van der Waals surface area contributed by atoms with Crippen molar-refractivity contribution >= 4 is 0 Å². The number of rotatable bonds is 6.